The van der Waals surface area contributed by atoms with Crippen molar-refractivity contribution >= 4 is 16.9 Å². The van der Waals surface area contributed by atoms with Gasteiger partial charge in [0.25, 0.3) is 5.91 Å². The molecule has 1 aliphatic rings. The molecule has 4 rings (SSSR count). The lowest BCUT2D eigenvalue weighted by Crippen LogP contribution is -2.40. The molecule has 3 aromatic rings. The van der Waals surface area contributed by atoms with Gasteiger partial charge in [0.15, 0.2) is 5.76 Å². The molecular weight excluding hydrogens is 330 g/mol. The number of aromatic hydroxyl groups is 1. The molecule has 5 heteroatoms. The summed E-state index contributed by atoms with van der Waals surface area (Å²) in [7, 11) is 0. The van der Waals surface area contributed by atoms with Crippen LogP contribution in [0.2, 0.25) is 0 Å². The molecule has 2 heterocycles. The second-order valence-electron chi connectivity index (χ2n) is 6.62. The number of nitrogens with zero attached hydrogens (tertiary/aromatic N) is 1. The minimum Gasteiger partial charge on any atom is -0.508 e. The highest BCUT2D eigenvalue weighted by molar-refractivity contribution is 5.96. The second kappa shape index (κ2) is 7.22. The Kier molecular flexibility index (Phi) is 4.63. The Hall–Kier alpha value is -2.79. The Labute approximate surface area is 151 Å². The van der Waals surface area contributed by atoms with E-state index in [4.69, 9.17) is 9.15 Å². The van der Waals surface area contributed by atoms with Crippen molar-refractivity contribution in [3.8, 4) is 5.75 Å². The maximum Gasteiger partial charge on any atom is 0.289 e. The lowest BCUT2D eigenvalue weighted by atomic mass is 10.1. The van der Waals surface area contributed by atoms with Gasteiger partial charge < -0.3 is 19.2 Å². The van der Waals surface area contributed by atoms with Gasteiger partial charge in [0.05, 0.1) is 12.7 Å². The maximum atomic E-state index is 12.7. The van der Waals surface area contributed by atoms with Gasteiger partial charge in [-0.05, 0) is 36.6 Å². The molecule has 1 amide bonds. The van der Waals surface area contributed by atoms with Crippen LogP contribution in [0.4, 0.5) is 0 Å². The SMILES string of the molecule is O=C(c1cc2ccc(O)cc2o1)N1CCC(OCc2ccccc2)CC1. The van der Waals surface area contributed by atoms with Gasteiger partial charge in [-0.25, -0.2) is 0 Å². The normalized spacial score (nSPS) is 15.5. The fourth-order valence-corrected chi connectivity index (χ4v) is 3.29. The van der Waals surface area contributed by atoms with E-state index in [-0.39, 0.29) is 17.8 Å². The third-order valence-electron chi connectivity index (χ3n) is 4.77. The Morgan fingerprint density at radius 2 is 1.88 bits per heavy atom. The Balaban J connectivity index is 1.34. The number of benzene rings is 2. The highest BCUT2D eigenvalue weighted by Crippen LogP contribution is 2.25. The molecule has 134 valence electrons. The van der Waals surface area contributed by atoms with Gasteiger partial charge in [-0.2, -0.15) is 0 Å². The van der Waals surface area contributed by atoms with E-state index in [1.807, 2.05) is 18.2 Å². The van der Waals surface area contributed by atoms with E-state index >= 15 is 0 Å². The van der Waals surface area contributed by atoms with Crippen molar-refractivity contribution < 1.29 is 19.1 Å². The van der Waals surface area contributed by atoms with Crippen LogP contribution in [0, 0.1) is 0 Å². The van der Waals surface area contributed by atoms with Crippen molar-refractivity contribution in [3.63, 3.8) is 0 Å². The van der Waals surface area contributed by atoms with Crippen molar-refractivity contribution in [3.05, 3.63) is 65.9 Å². The summed E-state index contributed by atoms with van der Waals surface area (Å²) >= 11 is 0. The number of furan rings is 1. The van der Waals surface area contributed by atoms with Gasteiger partial charge in [0.1, 0.15) is 11.3 Å². The summed E-state index contributed by atoms with van der Waals surface area (Å²) in [6.45, 7) is 1.91. The van der Waals surface area contributed by atoms with Crippen LogP contribution < -0.4 is 0 Å². The Morgan fingerprint density at radius 1 is 1.12 bits per heavy atom. The number of fused-ring (bicyclic) bond motifs is 1. The average Bonchev–Trinajstić information content (AvgIpc) is 3.10. The zero-order chi connectivity index (χ0) is 17.9. The number of amides is 1. The number of hydrogen-bond donors (Lipinski definition) is 1. The molecule has 1 N–H and O–H groups in total. The van der Waals surface area contributed by atoms with Gasteiger partial charge in [0, 0.05) is 24.5 Å². The van der Waals surface area contributed by atoms with E-state index in [1.165, 1.54) is 6.07 Å². The van der Waals surface area contributed by atoms with Crippen LogP contribution in [0.3, 0.4) is 0 Å². The number of hydrogen-bond acceptors (Lipinski definition) is 4. The summed E-state index contributed by atoms with van der Waals surface area (Å²) in [6, 6.07) is 16.7. The molecule has 1 saturated heterocycles. The van der Waals surface area contributed by atoms with Crippen molar-refractivity contribution in [2.45, 2.75) is 25.6 Å². The van der Waals surface area contributed by atoms with Gasteiger partial charge in [-0.15, -0.1) is 0 Å². The Bertz CT molecular complexity index is 895. The molecule has 0 saturated carbocycles. The van der Waals surface area contributed by atoms with Crippen molar-refractivity contribution in [1.29, 1.82) is 0 Å². The molecule has 0 radical (unpaired) electrons. The summed E-state index contributed by atoms with van der Waals surface area (Å²) in [5, 5.41) is 10.3. The summed E-state index contributed by atoms with van der Waals surface area (Å²) in [5.74, 6) is 0.332. The minimum atomic E-state index is -0.109. The lowest BCUT2D eigenvalue weighted by molar-refractivity contribution is -0.000995. The summed E-state index contributed by atoms with van der Waals surface area (Å²) in [5.41, 5.74) is 1.69. The number of rotatable bonds is 4. The third kappa shape index (κ3) is 3.58. The maximum absolute atomic E-state index is 12.7. The van der Waals surface area contributed by atoms with E-state index < -0.39 is 0 Å². The van der Waals surface area contributed by atoms with Crippen LogP contribution >= 0.6 is 0 Å². The first kappa shape index (κ1) is 16.7. The first-order chi connectivity index (χ1) is 12.7. The smallest absolute Gasteiger partial charge is 0.289 e. The van der Waals surface area contributed by atoms with E-state index in [9.17, 15) is 9.90 Å². The van der Waals surface area contributed by atoms with Crippen LogP contribution in [0.15, 0.2) is 59.0 Å². The first-order valence-corrected chi connectivity index (χ1v) is 8.86. The number of phenolic OH excluding ortho intramolecular Hbond substituents is 1. The molecule has 1 aromatic heterocycles. The second-order valence-corrected chi connectivity index (χ2v) is 6.62. The molecule has 0 spiro atoms. The number of piperidine rings is 1. The van der Waals surface area contributed by atoms with Crippen LogP contribution in [0.1, 0.15) is 29.0 Å². The molecule has 1 fully saturated rings. The summed E-state index contributed by atoms with van der Waals surface area (Å²) in [4.78, 5) is 14.5. The van der Waals surface area contributed by atoms with Gasteiger partial charge in [-0.3, -0.25) is 4.79 Å². The van der Waals surface area contributed by atoms with Gasteiger partial charge >= 0.3 is 0 Å². The molecule has 0 atom stereocenters. The van der Waals surface area contributed by atoms with Crippen LogP contribution in [0.25, 0.3) is 11.0 Å². The Morgan fingerprint density at radius 3 is 2.65 bits per heavy atom. The van der Waals surface area contributed by atoms with E-state index in [0.717, 1.165) is 23.8 Å². The van der Waals surface area contributed by atoms with Crippen molar-refractivity contribution in [2.75, 3.05) is 13.1 Å². The monoisotopic (exact) mass is 351 g/mol. The van der Waals surface area contributed by atoms with Gasteiger partial charge in [0.2, 0.25) is 0 Å². The molecule has 26 heavy (non-hydrogen) atoms. The quantitative estimate of drug-likeness (QED) is 0.773. The van der Waals surface area contributed by atoms with E-state index in [1.54, 1.807) is 23.1 Å². The zero-order valence-electron chi connectivity index (χ0n) is 14.4. The molecule has 2 aromatic carbocycles. The highest BCUT2D eigenvalue weighted by Gasteiger charge is 2.26. The van der Waals surface area contributed by atoms with Crippen LogP contribution in [-0.2, 0) is 11.3 Å². The number of phenols is 1. The molecule has 0 aliphatic carbocycles. The predicted molar refractivity (Wildman–Crippen MR) is 98.0 cm³/mol. The number of likely N-dealkylation sites (tertiary alicyclic amines) is 1. The van der Waals surface area contributed by atoms with Gasteiger partial charge in [-0.1, -0.05) is 30.3 Å². The molecular formula is C21H21NO4. The fourth-order valence-electron chi connectivity index (χ4n) is 3.29. The molecule has 5 nitrogen and oxygen atoms in total. The lowest BCUT2D eigenvalue weighted by Gasteiger charge is -2.31. The highest BCUT2D eigenvalue weighted by atomic mass is 16.5. The fraction of sp³-hybridized carbons (Fsp3) is 0.286. The predicted octanol–water partition coefficient (Wildman–Crippen LogP) is 3.96. The zero-order valence-corrected chi connectivity index (χ0v) is 14.4. The number of ether oxygens (including phenoxy) is 1. The van der Waals surface area contributed by atoms with E-state index in [2.05, 4.69) is 12.1 Å². The average molecular weight is 351 g/mol. The van der Waals surface area contributed by atoms with Crippen molar-refractivity contribution in [2.24, 2.45) is 0 Å². The minimum absolute atomic E-state index is 0.109. The standard InChI is InChI=1S/C21H21NO4/c23-17-7-6-16-12-20(26-19(16)13-17)21(24)22-10-8-18(9-11-22)25-14-15-4-2-1-3-5-15/h1-7,12-13,18,23H,8-11,14H2. The summed E-state index contributed by atoms with van der Waals surface area (Å²) < 4.78 is 11.6. The summed E-state index contributed by atoms with van der Waals surface area (Å²) in [6.07, 6.45) is 1.81. The number of carbonyl (C=O) groups is 1. The van der Waals surface area contributed by atoms with Crippen LogP contribution in [0.5, 0.6) is 5.75 Å². The van der Waals surface area contributed by atoms with Crippen molar-refractivity contribution in [1.82, 2.24) is 4.90 Å². The molecule has 0 unspecified atom stereocenters. The molecule has 1 aliphatic heterocycles. The largest absolute Gasteiger partial charge is 0.508 e. The molecule has 0 bridgehead atoms. The van der Waals surface area contributed by atoms with Crippen LogP contribution in [-0.4, -0.2) is 35.1 Å². The topological polar surface area (TPSA) is 62.9 Å². The third-order valence-corrected chi connectivity index (χ3v) is 4.77. The van der Waals surface area contributed by atoms with E-state index in [0.29, 0.717) is 31.0 Å². The first-order valence-electron chi connectivity index (χ1n) is 8.86. The number of carbonyl (C=O) groups excluding carboxylic acids is 1.